The first-order chi connectivity index (χ1) is 12.3. The molecule has 1 amide bonds. The Morgan fingerprint density at radius 3 is 3.04 bits per heavy atom. The molecule has 0 spiro atoms. The number of nitrogens with one attached hydrogen (secondary N) is 1. The van der Waals surface area contributed by atoms with Crippen LogP contribution in [0.25, 0.3) is 10.9 Å². The van der Waals surface area contributed by atoms with E-state index in [1.54, 1.807) is 0 Å². The lowest BCUT2D eigenvalue weighted by atomic mass is 10.0. The van der Waals surface area contributed by atoms with Crippen LogP contribution in [0.4, 0.5) is 0 Å². The van der Waals surface area contributed by atoms with Crippen molar-refractivity contribution >= 4 is 16.8 Å². The van der Waals surface area contributed by atoms with Crippen LogP contribution in [-0.2, 0) is 24.2 Å². The van der Waals surface area contributed by atoms with Crippen molar-refractivity contribution in [2.24, 2.45) is 0 Å². The molecule has 2 aromatic carbocycles. The number of nitrogens with zero attached hydrogens (tertiary/aromatic N) is 1. The largest absolute Gasteiger partial charge is 0.493 e. The highest BCUT2D eigenvalue weighted by Crippen LogP contribution is 2.26. The number of hydrogen-bond donors (Lipinski definition) is 1. The number of carbonyl (C=O) groups excluding carboxylic acids is 1. The molecule has 0 saturated carbocycles. The number of aromatic nitrogens is 1. The average Bonchev–Trinajstić information content (AvgIpc) is 3.26. The minimum absolute atomic E-state index is 0.105. The predicted molar refractivity (Wildman–Crippen MR) is 98.9 cm³/mol. The monoisotopic (exact) mass is 334 g/mol. The molecule has 1 aliphatic rings. The van der Waals surface area contributed by atoms with E-state index in [0.29, 0.717) is 13.0 Å². The molecule has 0 atom stereocenters. The Balaban J connectivity index is 1.25. The van der Waals surface area contributed by atoms with Gasteiger partial charge in [-0.05, 0) is 41.1 Å². The Morgan fingerprint density at radius 2 is 2.08 bits per heavy atom. The molecule has 4 rings (SSSR count). The summed E-state index contributed by atoms with van der Waals surface area (Å²) in [6.07, 6.45) is 4.33. The second-order valence-corrected chi connectivity index (χ2v) is 6.46. The summed E-state index contributed by atoms with van der Waals surface area (Å²) < 4.78 is 7.69. The summed E-state index contributed by atoms with van der Waals surface area (Å²) in [6.45, 7) is 2.21. The maximum Gasteiger partial charge on any atom is 0.220 e. The lowest BCUT2D eigenvalue weighted by molar-refractivity contribution is -0.121. The number of aryl methyl sites for hydroxylation is 1. The molecule has 3 aromatic rings. The van der Waals surface area contributed by atoms with E-state index in [1.807, 2.05) is 18.2 Å². The molecule has 2 heterocycles. The van der Waals surface area contributed by atoms with Crippen molar-refractivity contribution in [2.45, 2.75) is 25.8 Å². The fourth-order valence-corrected chi connectivity index (χ4v) is 3.39. The standard InChI is InChI=1S/C21H22N2O2/c24-21(8-6-16-5-7-20-18(15-16)10-14-25-20)22-11-13-23-12-9-17-3-1-2-4-19(17)23/h1-5,7,9,12,15H,6,8,10-11,13-14H2,(H,22,24). The molecular formula is C21H22N2O2. The zero-order valence-corrected chi connectivity index (χ0v) is 14.2. The summed E-state index contributed by atoms with van der Waals surface area (Å²) in [5.74, 6) is 1.10. The highest BCUT2D eigenvalue weighted by molar-refractivity contribution is 5.80. The second kappa shape index (κ2) is 7.01. The minimum atomic E-state index is 0.105. The number of fused-ring (bicyclic) bond motifs is 2. The fraction of sp³-hybridized carbons (Fsp3) is 0.286. The van der Waals surface area contributed by atoms with Gasteiger partial charge in [0.05, 0.1) is 6.61 Å². The molecule has 0 fully saturated rings. The van der Waals surface area contributed by atoms with Crippen molar-refractivity contribution in [3.63, 3.8) is 0 Å². The first-order valence-corrected chi connectivity index (χ1v) is 8.85. The van der Waals surface area contributed by atoms with Crippen molar-refractivity contribution in [2.75, 3.05) is 13.2 Å². The molecule has 4 heteroatoms. The van der Waals surface area contributed by atoms with Crippen LogP contribution < -0.4 is 10.1 Å². The predicted octanol–water partition coefficient (Wildman–Crippen LogP) is 3.33. The lowest BCUT2D eigenvalue weighted by Crippen LogP contribution is -2.27. The van der Waals surface area contributed by atoms with E-state index in [0.717, 1.165) is 31.7 Å². The van der Waals surface area contributed by atoms with E-state index in [-0.39, 0.29) is 5.91 Å². The van der Waals surface area contributed by atoms with E-state index >= 15 is 0 Å². The molecule has 0 saturated heterocycles. The number of rotatable bonds is 6. The summed E-state index contributed by atoms with van der Waals surface area (Å²) in [7, 11) is 0. The summed E-state index contributed by atoms with van der Waals surface area (Å²) in [6, 6.07) is 16.6. The molecule has 128 valence electrons. The minimum Gasteiger partial charge on any atom is -0.493 e. The van der Waals surface area contributed by atoms with Crippen LogP contribution in [0.15, 0.2) is 54.7 Å². The van der Waals surface area contributed by atoms with Gasteiger partial charge >= 0.3 is 0 Å². The summed E-state index contributed by atoms with van der Waals surface area (Å²) in [4.78, 5) is 12.1. The number of para-hydroxylation sites is 1. The van der Waals surface area contributed by atoms with E-state index in [4.69, 9.17) is 4.74 Å². The smallest absolute Gasteiger partial charge is 0.220 e. The third kappa shape index (κ3) is 3.53. The average molecular weight is 334 g/mol. The van der Waals surface area contributed by atoms with E-state index in [1.165, 1.54) is 22.0 Å². The maximum absolute atomic E-state index is 12.1. The van der Waals surface area contributed by atoms with Gasteiger partial charge in [0.2, 0.25) is 5.91 Å². The topological polar surface area (TPSA) is 43.3 Å². The van der Waals surface area contributed by atoms with Gasteiger partial charge in [-0.1, -0.05) is 30.3 Å². The van der Waals surface area contributed by atoms with Gasteiger partial charge in [0.25, 0.3) is 0 Å². The lowest BCUT2D eigenvalue weighted by Gasteiger charge is -2.08. The number of ether oxygens (including phenoxy) is 1. The summed E-state index contributed by atoms with van der Waals surface area (Å²) >= 11 is 0. The van der Waals surface area contributed by atoms with Gasteiger partial charge in [0.1, 0.15) is 5.75 Å². The second-order valence-electron chi connectivity index (χ2n) is 6.46. The Bertz CT molecular complexity index is 898. The van der Waals surface area contributed by atoms with Gasteiger partial charge < -0.3 is 14.6 Å². The molecule has 0 radical (unpaired) electrons. The van der Waals surface area contributed by atoms with E-state index in [9.17, 15) is 4.79 Å². The van der Waals surface area contributed by atoms with Gasteiger partial charge in [-0.3, -0.25) is 4.79 Å². The quantitative estimate of drug-likeness (QED) is 0.751. The van der Waals surface area contributed by atoms with Crippen LogP contribution in [0, 0.1) is 0 Å². The van der Waals surface area contributed by atoms with Gasteiger partial charge in [-0.25, -0.2) is 0 Å². The first kappa shape index (κ1) is 15.8. The van der Waals surface area contributed by atoms with Crippen molar-refractivity contribution in [1.29, 1.82) is 0 Å². The van der Waals surface area contributed by atoms with Gasteiger partial charge in [0, 0.05) is 37.6 Å². The third-order valence-electron chi connectivity index (χ3n) is 4.75. The molecular weight excluding hydrogens is 312 g/mol. The summed E-state index contributed by atoms with van der Waals surface area (Å²) in [5.41, 5.74) is 3.67. The number of benzene rings is 2. The number of amides is 1. The van der Waals surface area contributed by atoms with Crippen LogP contribution in [-0.4, -0.2) is 23.6 Å². The maximum atomic E-state index is 12.1. The highest BCUT2D eigenvalue weighted by atomic mass is 16.5. The van der Waals surface area contributed by atoms with Crippen molar-refractivity contribution in [3.05, 3.63) is 65.9 Å². The first-order valence-electron chi connectivity index (χ1n) is 8.85. The molecule has 1 N–H and O–H groups in total. The van der Waals surface area contributed by atoms with Crippen LogP contribution in [0.3, 0.4) is 0 Å². The molecule has 0 aliphatic carbocycles. The van der Waals surface area contributed by atoms with Gasteiger partial charge in [0.15, 0.2) is 0 Å². The fourth-order valence-electron chi connectivity index (χ4n) is 3.39. The summed E-state index contributed by atoms with van der Waals surface area (Å²) in [5, 5.41) is 4.25. The highest BCUT2D eigenvalue weighted by Gasteiger charge is 2.12. The van der Waals surface area contributed by atoms with Crippen LogP contribution in [0.2, 0.25) is 0 Å². The number of carbonyl (C=O) groups is 1. The molecule has 25 heavy (non-hydrogen) atoms. The third-order valence-corrected chi connectivity index (χ3v) is 4.75. The van der Waals surface area contributed by atoms with Crippen molar-refractivity contribution < 1.29 is 9.53 Å². The zero-order valence-electron chi connectivity index (χ0n) is 14.2. The molecule has 1 aliphatic heterocycles. The Morgan fingerprint density at radius 1 is 1.16 bits per heavy atom. The molecule has 1 aromatic heterocycles. The molecule has 0 bridgehead atoms. The van der Waals surface area contributed by atoms with Crippen molar-refractivity contribution in [3.8, 4) is 5.75 Å². The van der Waals surface area contributed by atoms with E-state index < -0.39 is 0 Å². The van der Waals surface area contributed by atoms with Crippen LogP contribution >= 0.6 is 0 Å². The Kier molecular flexibility index (Phi) is 4.42. The van der Waals surface area contributed by atoms with Crippen molar-refractivity contribution in [1.82, 2.24) is 9.88 Å². The number of hydrogen-bond acceptors (Lipinski definition) is 2. The molecule has 4 nitrogen and oxygen atoms in total. The van der Waals surface area contributed by atoms with Gasteiger partial charge in [-0.2, -0.15) is 0 Å². The van der Waals surface area contributed by atoms with Crippen LogP contribution in [0.1, 0.15) is 17.5 Å². The Labute approximate surface area is 147 Å². The van der Waals surface area contributed by atoms with E-state index in [2.05, 4.69) is 46.4 Å². The normalized spacial score (nSPS) is 12.8. The van der Waals surface area contributed by atoms with Gasteiger partial charge in [-0.15, -0.1) is 0 Å². The Hall–Kier alpha value is -2.75. The SMILES string of the molecule is O=C(CCc1ccc2c(c1)CCO2)NCCn1ccc2ccccc21. The van der Waals surface area contributed by atoms with Crippen LogP contribution in [0.5, 0.6) is 5.75 Å². The zero-order chi connectivity index (χ0) is 17.1. The molecule has 0 unspecified atom stereocenters.